The highest BCUT2D eigenvalue weighted by Crippen LogP contribution is 2.44. The van der Waals surface area contributed by atoms with Gasteiger partial charge in [-0.2, -0.15) is 0 Å². The van der Waals surface area contributed by atoms with Gasteiger partial charge in [0.05, 0.1) is 12.8 Å². The van der Waals surface area contributed by atoms with Crippen LogP contribution in [0.25, 0.3) is 0 Å². The van der Waals surface area contributed by atoms with Crippen molar-refractivity contribution >= 4 is 23.2 Å². The van der Waals surface area contributed by atoms with E-state index in [0.717, 1.165) is 17.9 Å². The van der Waals surface area contributed by atoms with E-state index >= 15 is 0 Å². The Morgan fingerprint density at radius 1 is 1.48 bits per heavy atom. The number of amides is 1. The minimum absolute atomic E-state index is 0.141. The lowest BCUT2D eigenvalue weighted by Gasteiger charge is -2.46. The van der Waals surface area contributed by atoms with Gasteiger partial charge in [-0.1, -0.05) is 13.0 Å². The van der Waals surface area contributed by atoms with Crippen LogP contribution < -0.4 is 9.64 Å². The summed E-state index contributed by atoms with van der Waals surface area (Å²) in [6.07, 6.45) is 2.15. The van der Waals surface area contributed by atoms with Crippen molar-refractivity contribution in [3.8, 4) is 5.75 Å². The van der Waals surface area contributed by atoms with Gasteiger partial charge in [-0.3, -0.25) is 4.79 Å². The Kier molecular flexibility index (Phi) is 4.82. The number of rotatable bonds is 4. The summed E-state index contributed by atoms with van der Waals surface area (Å²) in [5, 5.41) is 0. The molecule has 4 heteroatoms. The number of anilines is 1. The molecule has 1 atom stereocenters. The van der Waals surface area contributed by atoms with Crippen molar-refractivity contribution in [2.75, 3.05) is 17.9 Å². The van der Waals surface area contributed by atoms with Crippen molar-refractivity contribution in [1.29, 1.82) is 0 Å². The molecule has 1 aliphatic heterocycles. The van der Waals surface area contributed by atoms with E-state index < -0.39 is 0 Å². The Bertz CT molecular complexity index is 528. The number of hydrogen-bond donors (Lipinski definition) is 0. The number of hydrogen-bond acceptors (Lipinski definition) is 2. The van der Waals surface area contributed by atoms with Crippen LogP contribution in [0.5, 0.6) is 5.75 Å². The summed E-state index contributed by atoms with van der Waals surface area (Å²) in [7, 11) is 1.65. The summed E-state index contributed by atoms with van der Waals surface area (Å²) in [5.74, 6) is 1.87. The van der Waals surface area contributed by atoms with Crippen molar-refractivity contribution in [2.24, 2.45) is 0 Å². The van der Waals surface area contributed by atoms with E-state index in [-0.39, 0.29) is 11.4 Å². The number of halogens is 1. The molecule has 21 heavy (non-hydrogen) atoms. The highest BCUT2D eigenvalue weighted by atomic mass is 35.5. The molecule has 1 aliphatic rings. The third kappa shape index (κ3) is 3.18. The standard InChI is InChI=1S/C17H24ClNO2/c1-12-11-17(2,3)19(16(20)6-5-9-18)15-10-13(21-4)7-8-14(12)15/h7-8,10,12H,5-6,9,11H2,1-4H3/t12-/m1/s1. The number of carbonyl (C=O) groups is 1. The number of alkyl halides is 1. The average molecular weight is 310 g/mol. The molecule has 2 rings (SSSR count). The number of benzene rings is 1. The van der Waals surface area contributed by atoms with Crippen LogP contribution >= 0.6 is 11.6 Å². The Labute approximate surface area is 132 Å². The fourth-order valence-corrected chi connectivity index (χ4v) is 3.47. The second-order valence-corrected chi connectivity index (χ2v) is 6.74. The predicted molar refractivity (Wildman–Crippen MR) is 87.5 cm³/mol. The maximum atomic E-state index is 12.7. The lowest BCUT2D eigenvalue weighted by molar-refractivity contribution is -0.119. The monoisotopic (exact) mass is 309 g/mol. The second kappa shape index (κ2) is 6.27. The molecule has 3 nitrogen and oxygen atoms in total. The van der Waals surface area contributed by atoms with Crippen LogP contribution in [0.2, 0.25) is 0 Å². The summed E-state index contributed by atoms with van der Waals surface area (Å²) in [4.78, 5) is 14.6. The zero-order chi connectivity index (χ0) is 15.6. The van der Waals surface area contributed by atoms with Crippen LogP contribution in [0, 0.1) is 0 Å². The molecule has 0 fully saturated rings. The van der Waals surface area contributed by atoms with Crippen molar-refractivity contribution in [1.82, 2.24) is 0 Å². The van der Waals surface area contributed by atoms with Gasteiger partial charge in [-0.25, -0.2) is 0 Å². The minimum atomic E-state index is -0.192. The lowest BCUT2D eigenvalue weighted by atomic mass is 9.80. The van der Waals surface area contributed by atoms with E-state index in [1.165, 1.54) is 5.56 Å². The van der Waals surface area contributed by atoms with E-state index in [0.29, 0.717) is 24.6 Å². The lowest BCUT2D eigenvalue weighted by Crippen LogP contribution is -2.51. The molecule has 1 aromatic rings. The van der Waals surface area contributed by atoms with Crippen LogP contribution in [0.4, 0.5) is 5.69 Å². The Morgan fingerprint density at radius 2 is 2.19 bits per heavy atom. The van der Waals surface area contributed by atoms with Crippen LogP contribution in [0.15, 0.2) is 18.2 Å². The van der Waals surface area contributed by atoms with E-state index in [9.17, 15) is 4.79 Å². The topological polar surface area (TPSA) is 29.5 Å². The molecule has 1 aromatic carbocycles. The molecule has 0 unspecified atom stereocenters. The highest BCUT2D eigenvalue weighted by molar-refractivity contribution is 6.18. The van der Waals surface area contributed by atoms with Gasteiger partial charge < -0.3 is 9.64 Å². The van der Waals surface area contributed by atoms with E-state index in [4.69, 9.17) is 16.3 Å². The minimum Gasteiger partial charge on any atom is -0.497 e. The first-order valence-corrected chi connectivity index (χ1v) is 8.01. The first-order chi connectivity index (χ1) is 9.90. The first-order valence-electron chi connectivity index (χ1n) is 7.47. The maximum Gasteiger partial charge on any atom is 0.227 e. The Hall–Kier alpha value is -1.22. The molecule has 0 spiro atoms. The van der Waals surface area contributed by atoms with Crippen LogP contribution in [-0.4, -0.2) is 24.4 Å². The quantitative estimate of drug-likeness (QED) is 0.775. The van der Waals surface area contributed by atoms with Gasteiger partial charge in [0.1, 0.15) is 5.75 Å². The maximum absolute atomic E-state index is 12.7. The molecule has 1 heterocycles. The van der Waals surface area contributed by atoms with Crippen LogP contribution in [0.3, 0.4) is 0 Å². The van der Waals surface area contributed by atoms with Crippen LogP contribution in [0.1, 0.15) is 51.5 Å². The normalized spacial score (nSPS) is 20.0. The van der Waals surface area contributed by atoms with Gasteiger partial charge in [0, 0.05) is 23.9 Å². The number of fused-ring (bicyclic) bond motifs is 1. The summed E-state index contributed by atoms with van der Waals surface area (Å²) in [5.41, 5.74) is 2.01. The molecule has 0 radical (unpaired) electrons. The molecule has 0 bridgehead atoms. The molecule has 0 aromatic heterocycles. The van der Waals surface area contributed by atoms with Gasteiger partial charge in [-0.15, -0.1) is 11.6 Å². The number of nitrogens with zero attached hydrogens (tertiary/aromatic N) is 1. The fourth-order valence-electron chi connectivity index (χ4n) is 3.34. The molecule has 0 saturated heterocycles. The second-order valence-electron chi connectivity index (χ2n) is 6.36. The zero-order valence-electron chi connectivity index (χ0n) is 13.3. The van der Waals surface area contributed by atoms with Gasteiger partial charge in [-0.05, 0) is 44.2 Å². The molecule has 0 saturated carbocycles. The largest absolute Gasteiger partial charge is 0.497 e. The summed E-state index contributed by atoms with van der Waals surface area (Å²) >= 11 is 5.74. The third-order valence-electron chi connectivity index (χ3n) is 4.19. The molecular formula is C17H24ClNO2. The molecule has 1 amide bonds. The number of methoxy groups -OCH3 is 1. The van der Waals surface area contributed by atoms with E-state index in [2.05, 4.69) is 26.8 Å². The molecule has 0 N–H and O–H groups in total. The van der Waals surface area contributed by atoms with Crippen molar-refractivity contribution in [3.63, 3.8) is 0 Å². The smallest absolute Gasteiger partial charge is 0.227 e. The van der Waals surface area contributed by atoms with Gasteiger partial charge in [0.25, 0.3) is 0 Å². The molecular weight excluding hydrogens is 286 g/mol. The van der Waals surface area contributed by atoms with Crippen LogP contribution in [-0.2, 0) is 4.79 Å². The summed E-state index contributed by atoms with van der Waals surface area (Å²) in [6, 6.07) is 6.02. The van der Waals surface area contributed by atoms with E-state index in [1.54, 1.807) is 7.11 Å². The zero-order valence-corrected chi connectivity index (χ0v) is 14.0. The van der Waals surface area contributed by atoms with Gasteiger partial charge in [0.2, 0.25) is 5.91 Å². The highest BCUT2D eigenvalue weighted by Gasteiger charge is 2.39. The van der Waals surface area contributed by atoms with Crippen molar-refractivity contribution in [3.05, 3.63) is 23.8 Å². The van der Waals surface area contributed by atoms with Gasteiger partial charge in [0.15, 0.2) is 0 Å². The average Bonchev–Trinajstić information content (AvgIpc) is 2.43. The number of ether oxygens (including phenoxy) is 1. The first kappa shape index (κ1) is 16.2. The number of carbonyl (C=O) groups excluding carboxylic acids is 1. The van der Waals surface area contributed by atoms with Crippen molar-refractivity contribution < 1.29 is 9.53 Å². The van der Waals surface area contributed by atoms with Crippen molar-refractivity contribution in [2.45, 2.75) is 51.5 Å². The van der Waals surface area contributed by atoms with E-state index in [1.807, 2.05) is 17.0 Å². The predicted octanol–water partition coefficient (Wildman–Crippen LogP) is 4.33. The Balaban J connectivity index is 2.46. The Morgan fingerprint density at radius 3 is 2.81 bits per heavy atom. The fraction of sp³-hybridized carbons (Fsp3) is 0.588. The third-order valence-corrected chi connectivity index (χ3v) is 4.46. The van der Waals surface area contributed by atoms with Gasteiger partial charge >= 0.3 is 0 Å². The summed E-state index contributed by atoms with van der Waals surface area (Å²) < 4.78 is 5.33. The molecule has 0 aliphatic carbocycles. The summed E-state index contributed by atoms with van der Waals surface area (Å²) in [6.45, 7) is 6.47. The molecule has 116 valence electrons. The SMILES string of the molecule is COc1ccc2c(c1)N(C(=O)CCCCl)C(C)(C)C[C@H]2C.